The van der Waals surface area contributed by atoms with Crippen LogP contribution in [-0.4, -0.2) is 65.3 Å². The number of hydrogen-bond acceptors (Lipinski definition) is 6. The molecule has 0 fully saturated rings. The van der Waals surface area contributed by atoms with E-state index >= 15 is 0 Å². The highest BCUT2D eigenvalue weighted by atomic mass is 32.1. The summed E-state index contributed by atoms with van der Waals surface area (Å²) >= 11 is 1.56. The van der Waals surface area contributed by atoms with Gasteiger partial charge in [-0.3, -0.25) is 4.79 Å². The molecular weight excluding hydrogens is 546 g/mol. The first-order valence-electron chi connectivity index (χ1n) is 16.9. The molecule has 0 aliphatic carbocycles. The molecule has 0 saturated heterocycles. The summed E-state index contributed by atoms with van der Waals surface area (Å²) in [6, 6.07) is 1.87. The number of terminal acetylenes is 1. The molecule has 1 amide bonds. The lowest BCUT2D eigenvalue weighted by Gasteiger charge is -2.08. The number of carbonyl (C=O) groups excluding carboxylic acids is 1. The molecule has 1 heterocycles. The summed E-state index contributed by atoms with van der Waals surface area (Å²) in [5, 5.41) is 6.83. The first-order chi connectivity index (χ1) is 20.8. The molecule has 0 unspecified atom stereocenters. The smallest absolute Gasteiger partial charge is 0.252 e. The average molecular weight is 608 g/mol. The van der Waals surface area contributed by atoms with Crippen LogP contribution in [0.15, 0.2) is 16.8 Å². The fourth-order valence-electron chi connectivity index (χ4n) is 4.69. The summed E-state index contributed by atoms with van der Waals surface area (Å²) in [5.74, 6) is 2.76. The van der Waals surface area contributed by atoms with Gasteiger partial charge in [0.15, 0.2) is 0 Å². The third kappa shape index (κ3) is 27.4. The minimum Gasteiger partial charge on any atom is -0.379 e. The lowest BCUT2D eigenvalue weighted by Crippen LogP contribution is -2.23. The zero-order chi connectivity index (χ0) is 30.0. The van der Waals surface area contributed by atoms with E-state index in [9.17, 15) is 4.79 Å². The summed E-state index contributed by atoms with van der Waals surface area (Å²) in [4.78, 5) is 11.8. The van der Waals surface area contributed by atoms with Crippen LogP contribution >= 0.6 is 11.3 Å². The average Bonchev–Trinajstić information content (AvgIpc) is 3.55. The molecule has 242 valence electrons. The van der Waals surface area contributed by atoms with E-state index in [1.54, 1.807) is 11.3 Å². The highest BCUT2D eigenvalue weighted by Gasteiger charge is 2.04. The Kier molecular flexibility index (Phi) is 29.8. The van der Waals surface area contributed by atoms with Gasteiger partial charge in [-0.15, -0.1) is 12.3 Å². The van der Waals surface area contributed by atoms with Crippen LogP contribution in [0.5, 0.6) is 0 Å². The molecular formula is C35H61NO5S. The molecule has 1 rings (SSSR count). The summed E-state index contributed by atoms with van der Waals surface area (Å²) in [6.45, 7) is 6.25. The van der Waals surface area contributed by atoms with Crippen LogP contribution in [0, 0.1) is 12.3 Å². The Morgan fingerprint density at radius 2 is 1.00 bits per heavy atom. The molecule has 1 N–H and O–H groups in total. The largest absolute Gasteiger partial charge is 0.379 e. The van der Waals surface area contributed by atoms with Gasteiger partial charge in [-0.1, -0.05) is 89.9 Å². The van der Waals surface area contributed by atoms with Crippen LogP contribution in [-0.2, 0) is 18.9 Å². The third-order valence-corrected chi connectivity index (χ3v) is 7.94. The van der Waals surface area contributed by atoms with Gasteiger partial charge < -0.3 is 24.3 Å². The van der Waals surface area contributed by atoms with Crippen LogP contribution < -0.4 is 5.32 Å². The zero-order valence-corrected chi connectivity index (χ0v) is 27.4. The predicted molar refractivity (Wildman–Crippen MR) is 176 cm³/mol. The first-order valence-corrected chi connectivity index (χ1v) is 17.8. The van der Waals surface area contributed by atoms with E-state index in [0.717, 1.165) is 51.0 Å². The zero-order valence-electron chi connectivity index (χ0n) is 26.6. The van der Waals surface area contributed by atoms with Gasteiger partial charge in [-0.05, 0) is 37.1 Å². The van der Waals surface area contributed by atoms with Crippen molar-refractivity contribution in [1.82, 2.24) is 5.32 Å². The summed E-state index contributed by atoms with van der Waals surface area (Å²) < 4.78 is 22.5. The fraction of sp³-hybridized carbons (Fsp3) is 0.800. The molecule has 0 radical (unpaired) electrons. The Balaban J connectivity index is 1.63. The van der Waals surface area contributed by atoms with Crippen molar-refractivity contribution in [2.24, 2.45) is 0 Å². The van der Waals surface area contributed by atoms with Crippen LogP contribution in [0.4, 0.5) is 0 Å². The van der Waals surface area contributed by atoms with Gasteiger partial charge in [0.1, 0.15) is 0 Å². The second-order valence-corrected chi connectivity index (χ2v) is 11.8. The van der Waals surface area contributed by atoms with Gasteiger partial charge in [0.25, 0.3) is 5.91 Å². The molecule has 1 aromatic heterocycles. The maximum atomic E-state index is 11.8. The number of amides is 1. The highest BCUT2D eigenvalue weighted by Crippen LogP contribution is 2.11. The van der Waals surface area contributed by atoms with E-state index in [4.69, 9.17) is 25.4 Å². The van der Waals surface area contributed by atoms with Crippen LogP contribution in [0.1, 0.15) is 132 Å². The molecule has 0 atom stereocenters. The number of ether oxygens (including phenoxy) is 4. The molecule has 1 aromatic rings. The number of nitrogens with one attached hydrogen (secondary N) is 1. The van der Waals surface area contributed by atoms with Crippen molar-refractivity contribution in [3.8, 4) is 12.3 Å². The number of rotatable bonds is 33. The monoisotopic (exact) mass is 607 g/mol. The van der Waals surface area contributed by atoms with Gasteiger partial charge in [0.05, 0.1) is 39.6 Å². The second kappa shape index (κ2) is 32.5. The Labute approximate surface area is 262 Å². The quantitative estimate of drug-likeness (QED) is 0.0640. The van der Waals surface area contributed by atoms with Crippen molar-refractivity contribution in [3.63, 3.8) is 0 Å². The van der Waals surface area contributed by atoms with Crippen LogP contribution in [0.25, 0.3) is 0 Å². The number of hydrogen-bond donors (Lipinski definition) is 1. The minimum atomic E-state index is 0.0551. The third-order valence-electron chi connectivity index (χ3n) is 7.26. The maximum Gasteiger partial charge on any atom is 0.252 e. The van der Waals surface area contributed by atoms with Gasteiger partial charge >= 0.3 is 0 Å². The molecule has 0 aromatic carbocycles. The van der Waals surface area contributed by atoms with Gasteiger partial charge in [-0.25, -0.2) is 0 Å². The van der Waals surface area contributed by atoms with Gasteiger partial charge in [0, 0.05) is 37.1 Å². The molecule has 0 bridgehead atoms. The normalized spacial score (nSPS) is 11.1. The molecule has 0 aliphatic heterocycles. The molecule has 7 heteroatoms. The second-order valence-electron chi connectivity index (χ2n) is 11.0. The topological polar surface area (TPSA) is 66.0 Å². The Bertz CT molecular complexity index is 721. The number of carbonyl (C=O) groups is 1. The molecule has 42 heavy (non-hydrogen) atoms. The Morgan fingerprint density at radius 1 is 0.595 bits per heavy atom. The summed E-state index contributed by atoms with van der Waals surface area (Å²) in [6.07, 6.45) is 28.8. The highest BCUT2D eigenvalue weighted by molar-refractivity contribution is 7.08. The lowest BCUT2D eigenvalue weighted by atomic mass is 10.1. The molecule has 0 saturated carbocycles. The maximum absolute atomic E-state index is 11.8. The van der Waals surface area contributed by atoms with E-state index in [0.29, 0.717) is 39.6 Å². The van der Waals surface area contributed by atoms with E-state index in [2.05, 4.69) is 11.2 Å². The molecule has 0 spiro atoms. The van der Waals surface area contributed by atoms with Crippen molar-refractivity contribution in [3.05, 3.63) is 22.4 Å². The van der Waals surface area contributed by atoms with Crippen molar-refractivity contribution >= 4 is 17.2 Å². The SMILES string of the molecule is C#CCCCCCCCCCCOCCOCCOCCOCCCCCCCCCCCCNC(=O)c1ccsc1. The standard InChI is InChI=1S/C35H61NO5S/c1-2-3-4-5-6-7-11-14-17-20-24-38-26-28-40-30-31-41-29-27-39-25-21-18-15-12-9-8-10-13-16-19-23-36-35(37)34-22-32-42-33-34/h1,22,32-33H,3-21,23-31H2,(H,36,37). The predicted octanol–water partition coefficient (Wildman–Crippen LogP) is 8.59. The van der Waals surface area contributed by atoms with Gasteiger partial charge in [-0.2, -0.15) is 11.3 Å². The fourth-order valence-corrected chi connectivity index (χ4v) is 5.33. The molecule has 6 nitrogen and oxygen atoms in total. The van der Waals surface area contributed by atoms with Crippen LogP contribution in [0.3, 0.4) is 0 Å². The van der Waals surface area contributed by atoms with Crippen molar-refractivity contribution in [1.29, 1.82) is 0 Å². The minimum absolute atomic E-state index is 0.0551. The van der Waals surface area contributed by atoms with Crippen molar-refractivity contribution < 1.29 is 23.7 Å². The first kappa shape index (κ1) is 38.6. The Hall–Kier alpha value is -1.43. The van der Waals surface area contributed by atoms with Gasteiger partial charge in [0.2, 0.25) is 0 Å². The Morgan fingerprint density at radius 3 is 1.43 bits per heavy atom. The molecule has 0 aliphatic rings. The number of thiophene rings is 1. The van der Waals surface area contributed by atoms with E-state index in [-0.39, 0.29) is 5.91 Å². The van der Waals surface area contributed by atoms with Crippen molar-refractivity contribution in [2.45, 2.75) is 122 Å². The van der Waals surface area contributed by atoms with Crippen LogP contribution in [0.2, 0.25) is 0 Å². The summed E-state index contributed by atoms with van der Waals surface area (Å²) in [7, 11) is 0. The van der Waals surface area contributed by atoms with E-state index in [1.165, 1.54) is 96.3 Å². The summed E-state index contributed by atoms with van der Waals surface area (Å²) in [5.41, 5.74) is 0.779. The number of unbranched alkanes of at least 4 members (excludes halogenated alkanes) is 17. The van der Waals surface area contributed by atoms with E-state index < -0.39 is 0 Å². The van der Waals surface area contributed by atoms with E-state index in [1.807, 2.05) is 16.8 Å². The van der Waals surface area contributed by atoms with Crippen molar-refractivity contribution in [2.75, 3.05) is 59.4 Å². The lowest BCUT2D eigenvalue weighted by molar-refractivity contribution is -0.00248.